The Bertz CT molecular complexity index is 735. The Labute approximate surface area is 310 Å². The third kappa shape index (κ3) is 33.5. The van der Waals surface area contributed by atoms with Gasteiger partial charge in [0.1, 0.15) is 0 Å². The summed E-state index contributed by atoms with van der Waals surface area (Å²) in [5.74, 6) is -2.70. The van der Waals surface area contributed by atoms with Crippen LogP contribution in [0.2, 0.25) is 0 Å². The molecule has 294 valence electrons. The molecule has 2 atom stereocenters. The van der Waals surface area contributed by atoms with Crippen LogP contribution in [0.5, 0.6) is 0 Å². The van der Waals surface area contributed by atoms with Gasteiger partial charge in [-0.25, -0.2) is 0 Å². The first-order valence-electron chi connectivity index (χ1n) is 21.5. The van der Waals surface area contributed by atoms with Gasteiger partial charge in [0.2, 0.25) is 0 Å². The number of hydrogen-bond donors (Lipinski definition) is 3. The molecule has 0 aromatic carbocycles. The minimum atomic E-state index is -0.819. The molecule has 50 heavy (non-hydrogen) atoms. The van der Waals surface area contributed by atoms with E-state index in [4.69, 9.17) is 0 Å². The van der Waals surface area contributed by atoms with Crippen molar-refractivity contribution in [2.24, 2.45) is 11.8 Å². The molecule has 6 heteroatoms. The van der Waals surface area contributed by atoms with E-state index in [0.717, 1.165) is 51.4 Å². The third-order valence-corrected chi connectivity index (χ3v) is 10.2. The molecule has 0 aromatic heterocycles. The van der Waals surface area contributed by atoms with Crippen LogP contribution in [0, 0.1) is 11.8 Å². The van der Waals surface area contributed by atoms with Crippen LogP contribution < -0.4 is 0 Å². The van der Waals surface area contributed by atoms with Crippen molar-refractivity contribution in [1.82, 2.24) is 4.90 Å². The lowest BCUT2D eigenvalue weighted by Crippen LogP contribution is -2.40. The molecule has 0 aliphatic heterocycles. The lowest BCUT2D eigenvalue weighted by molar-refractivity contribution is -0.143. The molecular weight excluding hydrogens is 622 g/mol. The molecule has 0 aliphatic rings. The highest BCUT2D eigenvalue weighted by molar-refractivity contribution is 5.71. The van der Waals surface area contributed by atoms with Gasteiger partial charge in [0.15, 0.2) is 0 Å². The van der Waals surface area contributed by atoms with Crippen molar-refractivity contribution in [1.29, 1.82) is 0 Å². The van der Waals surface area contributed by atoms with Crippen LogP contribution in [-0.4, -0.2) is 58.4 Å². The van der Waals surface area contributed by atoms with Crippen molar-refractivity contribution >= 4 is 11.9 Å². The molecule has 0 heterocycles. The van der Waals surface area contributed by atoms with Gasteiger partial charge >= 0.3 is 11.9 Å². The van der Waals surface area contributed by atoms with Crippen LogP contribution in [0.25, 0.3) is 0 Å². The summed E-state index contributed by atoms with van der Waals surface area (Å²) >= 11 is 0. The fourth-order valence-electron chi connectivity index (χ4n) is 6.88. The first-order valence-corrected chi connectivity index (χ1v) is 21.5. The van der Waals surface area contributed by atoms with Crippen LogP contribution in [0.3, 0.4) is 0 Å². The van der Waals surface area contributed by atoms with E-state index in [1.165, 1.54) is 128 Å². The zero-order valence-electron chi connectivity index (χ0n) is 33.1. The zero-order valence-corrected chi connectivity index (χ0v) is 33.1. The molecule has 0 bridgehead atoms. The highest BCUT2D eigenvalue weighted by Crippen LogP contribution is 2.19. The molecular formula is C44H83NO5. The SMILES string of the molecule is CCCCCCCC/C=C\CCCCCCCCC(CN(CCO)CC(CCCCCCCC/C=C\CCCCCCCC)C(=O)O)C(=O)O. The number of aliphatic carboxylic acids is 2. The van der Waals surface area contributed by atoms with Gasteiger partial charge in [-0.15, -0.1) is 0 Å². The number of aliphatic hydroxyl groups excluding tert-OH is 1. The zero-order chi connectivity index (χ0) is 36.8. The largest absolute Gasteiger partial charge is 0.481 e. The van der Waals surface area contributed by atoms with Gasteiger partial charge in [0, 0.05) is 19.6 Å². The molecule has 0 rings (SSSR count). The van der Waals surface area contributed by atoms with Gasteiger partial charge in [-0.2, -0.15) is 0 Å². The Morgan fingerprint density at radius 1 is 0.460 bits per heavy atom. The Balaban J connectivity index is 4.13. The van der Waals surface area contributed by atoms with Gasteiger partial charge in [0.25, 0.3) is 0 Å². The average Bonchev–Trinajstić information content (AvgIpc) is 3.09. The minimum Gasteiger partial charge on any atom is -0.481 e. The molecule has 0 fully saturated rings. The highest BCUT2D eigenvalue weighted by atomic mass is 16.4. The van der Waals surface area contributed by atoms with E-state index in [-0.39, 0.29) is 6.61 Å². The predicted octanol–water partition coefficient (Wildman–Crippen LogP) is 12.5. The number of carboxylic acid groups (broad SMARTS) is 2. The van der Waals surface area contributed by atoms with Gasteiger partial charge in [-0.3, -0.25) is 14.5 Å². The molecule has 3 N–H and O–H groups in total. The Morgan fingerprint density at radius 3 is 1.02 bits per heavy atom. The molecule has 0 aliphatic carbocycles. The minimum absolute atomic E-state index is 0.0961. The molecule has 0 amide bonds. The first-order chi connectivity index (χ1) is 24.5. The maximum Gasteiger partial charge on any atom is 0.307 e. The average molecular weight is 706 g/mol. The number of aliphatic hydroxyl groups is 1. The van der Waals surface area contributed by atoms with E-state index in [1.54, 1.807) is 0 Å². The summed E-state index contributed by atoms with van der Waals surface area (Å²) in [6.07, 6.45) is 44.9. The highest BCUT2D eigenvalue weighted by Gasteiger charge is 2.25. The first kappa shape index (κ1) is 48.3. The lowest BCUT2D eigenvalue weighted by Gasteiger charge is -2.27. The van der Waals surface area contributed by atoms with E-state index < -0.39 is 23.8 Å². The standard InChI is InChI=1S/C44H83NO5/c1-3-5-7-9-11-13-15-17-19-21-23-25-27-29-31-33-35-41(43(47)48)39-45(37-38-46)40-42(44(49)50)36-34-32-30-28-26-24-22-20-18-16-14-12-10-8-6-4-2/h17-20,41-42,46H,3-16,21-40H2,1-2H3,(H,47,48)(H,49,50)/b19-17-,20-18-. The molecule has 0 spiro atoms. The van der Waals surface area contributed by atoms with Crippen molar-refractivity contribution in [3.8, 4) is 0 Å². The predicted molar refractivity (Wildman–Crippen MR) is 214 cm³/mol. The van der Waals surface area contributed by atoms with Gasteiger partial charge in [-0.1, -0.05) is 167 Å². The van der Waals surface area contributed by atoms with E-state index in [1.807, 2.05) is 4.90 Å². The number of allylic oxidation sites excluding steroid dienone is 4. The summed E-state index contributed by atoms with van der Waals surface area (Å²) < 4.78 is 0. The van der Waals surface area contributed by atoms with Crippen LogP contribution >= 0.6 is 0 Å². The summed E-state index contributed by atoms with van der Waals surface area (Å²) in [4.78, 5) is 26.0. The maximum atomic E-state index is 12.1. The Kier molecular flexibility index (Phi) is 37.3. The Morgan fingerprint density at radius 2 is 0.740 bits per heavy atom. The van der Waals surface area contributed by atoms with Gasteiger partial charge in [-0.05, 0) is 64.2 Å². The van der Waals surface area contributed by atoms with Crippen LogP contribution in [-0.2, 0) is 9.59 Å². The van der Waals surface area contributed by atoms with Crippen molar-refractivity contribution in [3.63, 3.8) is 0 Å². The molecule has 6 nitrogen and oxygen atoms in total. The lowest BCUT2D eigenvalue weighted by atomic mass is 9.97. The fourth-order valence-corrected chi connectivity index (χ4v) is 6.88. The van der Waals surface area contributed by atoms with Gasteiger partial charge in [0.05, 0.1) is 18.4 Å². The third-order valence-electron chi connectivity index (χ3n) is 10.2. The van der Waals surface area contributed by atoms with Crippen LogP contribution in [0.15, 0.2) is 24.3 Å². The van der Waals surface area contributed by atoms with Gasteiger partial charge < -0.3 is 15.3 Å². The quantitative estimate of drug-likeness (QED) is 0.0434. The molecule has 0 radical (unpaired) electrons. The number of hydrogen-bond acceptors (Lipinski definition) is 4. The second kappa shape index (κ2) is 38.6. The van der Waals surface area contributed by atoms with Crippen molar-refractivity contribution in [3.05, 3.63) is 24.3 Å². The molecule has 0 aromatic rings. The van der Waals surface area contributed by atoms with Crippen molar-refractivity contribution in [2.45, 2.75) is 206 Å². The molecule has 0 saturated heterocycles. The van der Waals surface area contributed by atoms with E-state index in [9.17, 15) is 24.9 Å². The monoisotopic (exact) mass is 706 g/mol. The molecule has 0 saturated carbocycles. The molecule has 2 unspecified atom stereocenters. The van der Waals surface area contributed by atoms with Crippen LogP contribution in [0.1, 0.15) is 206 Å². The number of carboxylic acids is 2. The van der Waals surface area contributed by atoms with Crippen molar-refractivity contribution < 1.29 is 24.9 Å². The fraction of sp³-hybridized carbons (Fsp3) is 0.864. The van der Waals surface area contributed by atoms with E-state index in [2.05, 4.69) is 38.2 Å². The van der Waals surface area contributed by atoms with Crippen molar-refractivity contribution in [2.75, 3.05) is 26.2 Å². The summed E-state index contributed by atoms with van der Waals surface area (Å²) in [7, 11) is 0. The second-order valence-corrected chi connectivity index (χ2v) is 15.0. The summed E-state index contributed by atoms with van der Waals surface area (Å²) in [6.45, 7) is 5.34. The smallest absolute Gasteiger partial charge is 0.307 e. The number of carbonyl (C=O) groups is 2. The topological polar surface area (TPSA) is 98.1 Å². The summed E-state index contributed by atoms with van der Waals surface area (Å²) in [5, 5.41) is 29.5. The number of nitrogens with zero attached hydrogens (tertiary/aromatic N) is 1. The Hall–Kier alpha value is -1.66. The second-order valence-electron chi connectivity index (χ2n) is 15.0. The normalized spacial score (nSPS) is 13.2. The van der Waals surface area contributed by atoms with E-state index >= 15 is 0 Å². The number of unbranched alkanes of at least 4 members (excludes halogenated alkanes) is 24. The maximum absolute atomic E-state index is 12.1. The summed E-state index contributed by atoms with van der Waals surface area (Å²) in [6, 6.07) is 0. The van der Waals surface area contributed by atoms with Crippen LogP contribution in [0.4, 0.5) is 0 Å². The van der Waals surface area contributed by atoms with E-state index in [0.29, 0.717) is 32.5 Å². The number of rotatable bonds is 40. The summed E-state index contributed by atoms with van der Waals surface area (Å²) in [5.41, 5.74) is 0.